The van der Waals surface area contributed by atoms with Gasteiger partial charge >= 0.3 is 0 Å². The van der Waals surface area contributed by atoms with Gasteiger partial charge in [-0.05, 0) is 11.1 Å². The van der Waals surface area contributed by atoms with Gasteiger partial charge in [-0.3, -0.25) is 4.79 Å². The van der Waals surface area contributed by atoms with E-state index in [0.29, 0.717) is 5.69 Å². The van der Waals surface area contributed by atoms with Crippen LogP contribution < -0.4 is 5.73 Å². The monoisotopic (exact) mass is 202 g/mol. The van der Waals surface area contributed by atoms with Crippen molar-refractivity contribution < 1.29 is 4.79 Å². The summed E-state index contributed by atoms with van der Waals surface area (Å²) in [4.78, 5) is 13.2. The summed E-state index contributed by atoms with van der Waals surface area (Å²) in [5.41, 5.74) is 14.6. The summed E-state index contributed by atoms with van der Waals surface area (Å²) in [5, 5.41) is 3.52. The third-order valence-electron chi connectivity index (χ3n) is 1.71. The molecule has 5 nitrogen and oxygen atoms in total. The molecule has 1 aromatic rings. The van der Waals surface area contributed by atoms with Crippen molar-refractivity contribution in [2.24, 2.45) is 10.8 Å². The highest BCUT2D eigenvalue weighted by Gasteiger charge is 1.94. The highest BCUT2D eigenvalue weighted by atomic mass is 16.1. The Morgan fingerprint density at radius 2 is 2.27 bits per heavy atom. The van der Waals surface area contributed by atoms with Gasteiger partial charge < -0.3 is 5.73 Å². The fourth-order valence-electron chi connectivity index (χ4n) is 1.07. The molecule has 2 N–H and O–H groups in total. The number of hydrogen-bond acceptors (Lipinski definition) is 2. The van der Waals surface area contributed by atoms with E-state index in [1.54, 1.807) is 30.4 Å². The van der Waals surface area contributed by atoms with Gasteiger partial charge in [-0.2, -0.15) is 0 Å². The van der Waals surface area contributed by atoms with Crippen molar-refractivity contribution >= 4 is 17.7 Å². The molecule has 5 heteroatoms. The van der Waals surface area contributed by atoms with Gasteiger partial charge in [0.15, 0.2) is 0 Å². The largest absolute Gasteiger partial charge is 0.369 e. The van der Waals surface area contributed by atoms with Crippen LogP contribution in [0.15, 0.2) is 35.5 Å². The lowest BCUT2D eigenvalue weighted by molar-refractivity contribution is -0.117. The molecule has 0 unspecified atom stereocenters. The van der Waals surface area contributed by atoms with Gasteiger partial charge in [0, 0.05) is 17.0 Å². The molecule has 0 spiro atoms. The quantitative estimate of drug-likeness (QED) is 0.453. The van der Waals surface area contributed by atoms with Gasteiger partial charge in [0.25, 0.3) is 0 Å². The van der Waals surface area contributed by atoms with Crippen molar-refractivity contribution in [2.75, 3.05) is 0 Å². The Hall–Kier alpha value is -2.26. The molecule has 1 aromatic carbocycles. The molecule has 1 rings (SSSR count). The molecule has 0 saturated carbocycles. The molecule has 0 atom stereocenters. The number of rotatable bonds is 4. The lowest BCUT2D eigenvalue weighted by atomic mass is 10.1. The van der Waals surface area contributed by atoms with E-state index in [9.17, 15) is 4.79 Å². The number of primary amides is 1. The lowest BCUT2D eigenvalue weighted by Gasteiger charge is -1.97. The average Bonchev–Trinajstić information content (AvgIpc) is 2.20. The zero-order valence-electron chi connectivity index (χ0n) is 8.00. The molecular formula is C10H10N4O. The molecule has 0 radical (unpaired) electrons. The minimum absolute atomic E-state index is 0.171. The molecule has 0 aliphatic rings. The van der Waals surface area contributed by atoms with Crippen LogP contribution in [-0.2, 0) is 4.79 Å². The van der Waals surface area contributed by atoms with E-state index in [1.165, 1.54) is 0 Å². The van der Waals surface area contributed by atoms with Gasteiger partial charge in [0.1, 0.15) is 0 Å². The van der Waals surface area contributed by atoms with E-state index in [1.807, 2.05) is 6.07 Å². The summed E-state index contributed by atoms with van der Waals surface area (Å²) in [6, 6.07) is 7.08. The van der Waals surface area contributed by atoms with Gasteiger partial charge in [-0.25, -0.2) is 0 Å². The second-order valence-electron chi connectivity index (χ2n) is 2.82. The van der Waals surface area contributed by atoms with Gasteiger partial charge in [-0.15, -0.1) is 0 Å². The maximum atomic E-state index is 10.5. The van der Waals surface area contributed by atoms with Crippen LogP contribution >= 0.6 is 0 Å². The van der Waals surface area contributed by atoms with E-state index in [0.717, 1.165) is 5.56 Å². The van der Waals surface area contributed by atoms with E-state index in [2.05, 4.69) is 10.0 Å². The number of amides is 1. The van der Waals surface area contributed by atoms with Crippen LogP contribution in [0.25, 0.3) is 16.5 Å². The first kappa shape index (κ1) is 10.8. The molecule has 76 valence electrons. The fourth-order valence-corrected chi connectivity index (χ4v) is 1.07. The maximum Gasteiger partial charge on any atom is 0.221 e. The Morgan fingerprint density at radius 1 is 1.53 bits per heavy atom. The molecule has 1 amide bonds. The summed E-state index contributed by atoms with van der Waals surface area (Å²) in [7, 11) is 0. The van der Waals surface area contributed by atoms with Gasteiger partial charge in [-0.1, -0.05) is 41.5 Å². The second kappa shape index (κ2) is 5.47. The highest BCUT2D eigenvalue weighted by Crippen LogP contribution is 2.20. The predicted molar refractivity (Wildman–Crippen MR) is 58.1 cm³/mol. The predicted octanol–water partition coefficient (Wildman–Crippen LogP) is 2.52. The third-order valence-corrected chi connectivity index (χ3v) is 1.71. The van der Waals surface area contributed by atoms with Crippen LogP contribution in [-0.4, -0.2) is 5.91 Å². The number of hydrogen-bond donors (Lipinski definition) is 1. The summed E-state index contributed by atoms with van der Waals surface area (Å²) >= 11 is 0. The van der Waals surface area contributed by atoms with Crippen LogP contribution in [0, 0.1) is 0 Å². The Balaban J connectivity index is 2.88. The zero-order chi connectivity index (χ0) is 11.1. The number of carbonyl (C=O) groups is 1. The highest BCUT2D eigenvalue weighted by molar-refractivity contribution is 5.77. The third kappa shape index (κ3) is 3.54. The van der Waals surface area contributed by atoms with Crippen molar-refractivity contribution in [3.8, 4) is 0 Å². The van der Waals surface area contributed by atoms with Crippen molar-refractivity contribution in [3.63, 3.8) is 0 Å². The van der Waals surface area contributed by atoms with E-state index >= 15 is 0 Å². The van der Waals surface area contributed by atoms with Crippen LogP contribution in [0.2, 0.25) is 0 Å². The molecule has 0 aliphatic heterocycles. The minimum Gasteiger partial charge on any atom is -0.369 e. The van der Waals surface area contributed by atoms with E-state index in [4.69, 9.17) is 11.3 Å². The van der Waals surface area contributed by atoms with Crippen LogP contribution in [0.3, 0.4) is 0 Å². The second-order valence-corrected chi connectivity index (χ2v) is 2.82. The Kier molecular flexibility index (Phi) is 3.94. The van der Waals surface area contributed by atoms with E-state index in [-0.39, 0.29) is 6.42 Å². The van der Waals surface area contributed by atoms with Crippen LogP contribution in [0.4, 0.5) is 5.69 Å². The van der Waals surface area contributed by atoms with Crippen LogP contribution in [0.5, 0.6) is 0 Å². The van der Waals surface area contributed by atoms with Crippen molar-refractivity contribution in [3.05, 3.63) is 46.3 Å². The molecule has 0 saturated heterocycles. The fraction of sp³-hybridized carbons (Fsp3) is 0.100. The first-order valence-electron chi connectivity index (χ1n) is 4.33. The van der Waals surface area contributed by atoms with Crippen molar-refractivity contribution in [2.45, 2.75) is 6.42 Å². The lowest BCUT2D eigenvalue weighted by Crippen LogP contribution is -2.07. The SMILES string of the molecule is [N-]=[N+]=Nc1ccccc1C=CCC(N)=O. The zero-order valence-corrected chi connectivity index (χ0v) is 8.00. The standard InChI is InChI=1S/C10H10N4O/c11-10(15)7-3-5-8-4-1-2-6-9(8)13-14-12/h1-6H,7H2,(H2,11,15). The molecular weight excluding hydrogens is 192 g/mol. The first-order chi connectivity index (χ1) is 7.24. The number of nitrogens with zero attached hydrogens (tertiary/aromatic N) is 3. The average molecular weight is 202 g/mol. The Bertz CT molecular complexity index is 433. The summed E-state index contributed by atoms with van der Waals surface area (Å²) in [6.07, 6.45) is 3.51. The van der Waals surface area contributed by atoms with Crippen molar-refractivity contribution in [1.29, 1.82) is 0 Å². The van der Waals surface area contributed by atoms with E-state index < -0.39 is 5.91 Å². The Morgan fingerprint density at radius 3 is 2.93 bits per heavy atom. The summed E-state index contributed by atoms with van der Waals surface area (Å²) in [5.74, 6) is -0.396. The topological polar surface area (TPSA) is 91.8 Å². The smallest absolute Gasteiger partial charge is 0.221 e. The summed E-state index contributed by atoms with van der Waals surface area (Å²) in [6.45, 7) is 0. The van der Waals surface area contributed by atoms with Crippen molar-refractivity contribution in [1.82, 2.24) is 0 Å². The molecule has 0 aliphatic carbocycles. The number of nitrogens with two attached hydrogens (primary N) is 1. The summed E-state index contributed by atoms with van der Waals surface area (Å²) < 4.78 is 0. The molecule has 15 heavy (non-hydrogen) atoms. The molecule has 0 heterocycles. The Labute approximate surface area is 86.8 Å². The maximum absolute atomic E-state index is 10.5. The van der Waals surface area contributed by atoms with Gasteiger partial charge in [0.05, 0.1) is 0 Å². The normalized spacial score (nSPS) is 9.87. The minimum atomic E-state index is -0.396. The molecule has 0 fully saturated rings. The molecule has 0 aromatic heterocycles. The number of carbonyl (C=O) groups excluding carboxylic acids is 1. The van der Waals surface area contributed by atoms with Gasteiger partial charge in [0.2, 0.25) is 5.91 Å². The number of azide groups is 1. The molecule has 0 bridgehead atoms. The number of benzene rings is 1. The first-order valence-corrected chi connectivity index (χ1v) is 4.33. The van der Waals surface area contributed by atoms with Crippen LogP contribution in [0.1, 0.15) is 12.0 Å².